The highest BCUT2D eigenvalue weighted by atomic mass is 19.4. The molecule has 0 atom stereocenters. The third-order valence-electron chi connectivity index (χ3n) is 4.40. The van der Waals surface area contributed by atoms with Gasteiger partial charge in [-0.2, -0.15) is 22.0 Å². The summed E-state index contributed by atoms with van der Waals surface area (Å²) in [4.78, 5) is 0. The third kappa shape index (κ3) is 6.56. The highest BCUT2D eigenvalue weighted by Crippen LogP contribution is 2.37. The van der Waals surface area contributed by atoms with Gasteiger partial charge in [0, 0.05) is 6.54 Å². The first-order chi connectivity index (χ1) is 16.4. The molecule has 1 N–H and O–H groups in total. The maximum Gasteiger partial charge on any atom is 0.469 e. The Morgan fingerprint density at radius 3 is 1.06 bits per heavy atom. The molecule has 0 fully saturated rings. The summed E-state index contributed by atoms with van der Waals surface area (Å²) in [5.41, 5.74) is -4.52. The number of benzene rings is 2. The molecule has 0 saturated carbocycles. The van der Waals surface area contributed by atoms with Crippen molar-refractivity contribution >= 4 is 0 Å². The van der Waals surface area contributed by atoms with E-state index in [2.05, 4.69) is 0 Å². The van der Waals surface area contributed by atoms with Crippen molar-refractivity contribution in [2.75, 3.05) is 6.54 Å². The summed E-state index contributed by atoms with van der Waals surface area (Å²) in [6, 6.07) is -4.76. The summed E-state index contributed by atoms with van der Waals surface area (Å²) in [5, 5.41) is 1.20. The molecule has 0 saturated heterocycles. The van der Waals surface area contributed by atoms with E-state index in [1.807, 2.05) is 6.92 Å². The zero-order chi connectivity index (χ0) is 28.2. The van der Waals surface area contributed by atoms with Gasteiger partial charge in [0.15, 0.2) is 46.5 Å². The summed E-state index contributed by atoms with van der Waals surface area (Å²) in [6.45, 7) is 1.62. The normalized spacial score (nSPS) is 12.0. The number of hydrogen-bond donors (Lipinski definition) is 1. The fourth-order valence-corrected chi connectivity index (χ4v) is 2.55. The Labute approximate surface area is 192 Å². The lowest BCUT2D eigenvalue weighted by Gasteiger charge is -2.20. The van der Waals surface area contributed by atoms with Crippen molar-refractivity contribution in [1.82, 2.24) is 5.32 Å². The van der Waals surface area contributed by atoms with Crippen molar-refractivity contribution in [3.8, 4) is 11.1 Å². The highest BCUT2D eigenvalue weighted by molar-refractivity contribution is 5.67. The molecule has 0 aromatic heterocycles. The zero-order valence-electron chi connectivity index (χ0n) is 17.7. The van der Waals surface area contributed by atoms with Crippen LogP contribution in [0.5, 0.6) is 0 Å². The lowest BCUT2D eigenvalue weighted by atomic mass is 10.0. The Hall–Kier alpha value is -2.65. The predicted octanol–water partition coefficient (Wildman–Crippen LogP) is 8.06. The van der Waals surface area contributed by atoms with E-state index in [9.17, 15) is 65.9 Å². The molecule has 0 aliphatic carbocycles. The smallest absolute Gasteiger partial charge is 0.250 e. The van der Waals surface area contributed by atoms with Gasteiger partial charge in [-0.3, -0.25) is 5.32 Å². The van der Waals surface area contributed by atoms with Gasteiger partial charge in [-0.1, -0.05) is 26.2 Å². The van der Waals surface area contributed by atoms with Crippen molar-refractivity contribution in [2.24, 2.45) is 0 Å². The van der Waals surface area contributed by atoms with Crippen LogP contribution in [0.25, 0.3) is 11.1 Å². The Morgan fingerprint density at radius 1 is 0.472 bits per heavy atom. The van der Waals surface area contributed by atoms with E-state index >= 15 is 0 Å². The zero-order valence-corrected chi connectivity index (χ0v) is 17.7. The molecule has 0 heterocycles. The molecular weight excluding hydrogens is 539 g/mol. The van der Waals surface area contributed by atoms with Crippen LogP contribution >= 0.6 is 0 Å². The molecule has 0 aliphatic rings. The lowest BCUT2D eigenvalue weighted by molar-refractivity contribution is -0.295. The molecule has 0 bridgehead atoms. The van der Waals surface area contributed by atoms with E-state index in [4.69, 9.17) is 0 Å². The summed E-state index contributed by atoms with van der Waals surface area (Å²) in [7, 11) is 0. The van der Waals surface area contributed by atoms with Gasteiger partial charge in [0.05, 0.1) is 11.1 Å². The lowest BCUT2D eigenvalue weighted by Crippen LogP contribution is -2.49. The van der Waals surface area contributed by atoms with E-state index in [1.165, 1.54) is 5.32 Å². The van der Waals surface area contributed by atoms with Crippen LogP contribution in [0.3, 0.4) is 0 Å². The Morgan fingerprint density at radius 2 is 0.778 bits per heavy atom. The van der Waals surface area contributed by atoms with Crippen molar-refractivity contribution in [1.29, 1.82) is 0 Å². The first-order valence-corrected chi connectivity index (χ1v) is 9.65. The Bertz CT molecular complexity index is 953. The summed E-state index contributed by atoms with van der Waals surface area (Å²) in [5.74, 6) is -26.6. The van der Waals surface area contributed by atoms with Crippen molar-refractivity contribution in [2.45, 2.75) is 44.8 Å². The maximum absolute atomic E-state index is 13.4. The van der Waals surface area contributed by atoms with Crippen LogP contribution in [-0.4, -0.2) is 18.8 Å². The number of rotatable bonds is 7. The fourth-order valence-electron chi connectivity index (χ4n) is 2.55. The standard InChI is InChI=1S/C12F10.C8H14F5N/c13-3-1(4(14)8(18)11(21)7(3)17)2-5(15)9(19)12(22)10(20)6(2)16;1-2-3-4-5-6-14-8(12,13)7(9,10)11/h;14H,2-6H2,1H3. The van der Waals surface area contributed by atoms with Crippen molar-refractivity contribution in [3.05, 3.63) is 58.2 Å². The Kier molecular flexibility index (Phi) is 10.5. The van der Waals surface area contributed by atoms with Gasteiger partial charge < -0.3 is 0 Å². The van der Waals surface area contributed by atoms with Gasteiger partial charge in [0.25, 0.3) is 0 Å². The van der Waals surface area contributed by atoms with Gasteiger partial charge in [0.2, 0.25) is 11.6 Å². The van der Waals surface area contributed by atoms with E-state index in [0.717, 1.165) is 12.8 Å². The van der Waals surface area contributed by atoms with Gasteiger partial charge in [-0.15, -0.1) is 0 Å². The monoisotopic (exact) mass is 553 g/mol. The molecule has 36 heavy (non-hydrogen) atoms. The minimum absolute atomic E-state index is 0.313. The molecule has 1 nitrogen and oxygen atoms in total. The Balaban J connectivity index is 0.000000402. The molecule has 0 amide bonds. The molecule has 204 valence electrons. The summed E-state index contributed by atoms with van der Waals surface area (Å²) in [6.07, 6.45) is -2.75. The third-order valence-corrected chi connectivity index (χ3v) is 4.40. The quantitative estimate of drug-likeness (QED) is 0.120. The number of halogens is 15. The van der Waals surface area contributed by atoms with Crippen LogP contribution < -0.4 is 5.32 Å². The average molecular weight is 553 g/mol. The second kappa shape index (κ2) is 12.1. The molecule has 2 rings (SSSR count). The fraction of sp³-hybridized carbons (Fsp3) is 0.400. The highest BCUT2D eigenvalue weighted by Gasteiger charge is 2.57. The van der Waals surface area contributed by atoms with Crippen LogP contribution in [-0.2, 0) is 0 Å². The van der Waals surface area contributed by atoms with Gasteiger partial charge >= 0.3 is 12.2 Å². The average Bonchev–Trinajstić information content (AvgIpc) is 2.80. The molecule has 0 aliphatic heterocycles. The van der Waals surface area contributed by atoms with Gasteiger partial charge in [-0.05, 0) is 6.42 Å². The van der Waals surface area contributed by atoms with E-state index in [-0.39, 0.29) is 6.54 Å². The number of hydrogen-bond acceptors (Lipinski definition) is 1. The largest absolute Gasteiger partial charge is 0.469 e. The molecule has 0 spiro atoms. The first-order valence-electron chi connectivity index (χ1n) is 9.65. The molecule has 16 heteroatoms. The van der Waals surface area contributed by atoms with Crippen LogP contribution in [0, 0.1) is 58.2 Å². The van der Waals surface area contributed by atoms with Crippen LogP contribution in [0.2, 0.25) is 0 Å². The van der Waals surface area contributed by atoms with Crippen molar-refractivity contribution < 1.29 is 65.9 Å². The molecule has 2 aromatic rings. The van der Waals surface area contributed by atoms with Crippen LogP contribution in [0.4, 0.5) is 65.9 Å². The first kappa shape index (κ1) is 31.4. The van der Waals surface area contributed by atoms with Crippen LogP contribution in [0.15, 0.2) is 0 Å². The second-order valence-corrected chi connectivity index (χ2v) is 6.95. The molecule has 0 unspecified atom stereocenters. The summed E-state index contributed by atoms with van der Waals surface area (Å²) >= 11 is 0. The molecule has 2 aromatic carbocycles. The van der Waals surface area contributed by atoms with Crippen LogP contribution in [0.1, 0.15) is 32.6 Å². The maximum atomic E-state index is 13.4. The molecule has 0 radical (unpaired) electrons. The topological polar surface area (TPSA) is 12.0 Å². The van der Waals surface area contributed by atoms with Crippen molar-refractivity contribution in [3.63, 3.8) is 0 Å². The number of nitrogens with one attached hydrogen (secondary N) is 1. The summed E-state index contributed by atoms with van der Waals surface area (Å²) < 4.78 is 190. The minimum atomic E-state index is -5.50. The SMILES string of the molecule is CCCCCCNC(F)(F)C(F)(F)F.Fc1c(F)c(F)c(-c2c(F)c(F)c(F)c(F)c2F)c(F)c1F. The molecular formula is C20H14F15N. The van der Waals surface area contributed by atoms with E-state index < -0.39 is 81.5 Å². The number of unbranched alkanes of at least 4 members (excludes halogenated alkanes) is 3. The second-order valence-electron chi connectivity index (χ2n) is 6.95. The number of alkyl halides is 5. The van der Waals surface area contributed by atoms with Gasteiger partial charge in [0.1, 0.15) is 0 Å². The van der Waals surface area contributed by atoms with Gasteiger partial charge in [-0.25, -0.2) is 43.9 Å². The minimum Gasteiger partial charge on any atom is -0.250 e. The van der Waals surface area contributed by atoms with E-state index in [0.29, 0.717) is 12.8 Å². The predicted molar refractivity (Wildman–Crippen MR) is 94.6 cm³/mol. The van der Waals surface area contributed by atoms with E-state index in [1.54, 1.807) is 0 Å².